The molecule has 1 saturated carbocycles. The molecule has 2 aromatic rings. The Kier molecular flexibility index (Phi) is 5.55. The highest BCUT2D eigenvalue weighted by Gasteiger charge is 2.46. The number of alkyl halides is 3. The molecule has 5 rings (SSSR count). The third-order valence-corrected chi connectivity index (χ3v) is 8.54. The fourth-order valence-electron chi connectivity index (χ4n) is 5.50. The largest absolute Gasteiger partial charge is 0.493 e. The smallest absolute Gasteiger partial charge is 0.404 e. The predicted molar refractivity (Wildman–Crippen MR) is 120 cm³/mol. The summed E-state index contributed by atoms with van der Waals surface area (Å²) in [4.78, 5) is 29.0. The lowest BCUT2D eigenvalue weighted by Crippen LogP contribution is -2.43. The minimum Gasteiger partial charge on any atom is -0.493 e. The zero-order chi connectivity index (χ0) is 24.5. The summed E-state index contributed by atoms with van der Waals surface area (Å²) >= 11 is 1.28. The first-order valence-corrected chi connectivity index (χ1v) is 12.1. The van der Waals surface area contributed by atoms with E-state index < -0.39 is 47.0 Å². The number of ether oxygens (including phenoxy) is 1. The molecule has 11 heteroatoms. The van der Waals surface area contributed by atoms with Crippen LogP contribution >= 0.6 is 11.3 Å². The van der Waals surface area contributed by atoms with Crippen molar-refractivity contribution in [1.29, 1.82) is 0 Å². The van der Waals surface area contributed by atoms with Gasteiger partial charge in [0.25, 0.3) is 5.56 Å². The number of rotatable bonds is 4. The lowest BCUT2D eigenvalue weighted by Gasteiger charge is -2.32. The second kappa shape index (κ2) is 8.08. The number of nitrogens with zero attached hydrogens (tertiary/aromatic N) is 1. The molecule has 3 aliphatic rings. The molecule has 0 spiro atoms. The quantitative estimate of drug-likeness (QED) is 0.609. The first-order chi connectivity index (χ1) is 16.0. The van der Waals surface area contributed by atoms with Crippen molar-refractivity contribution in [3.63, 3.8) is 0 Å². The Bertz CT molecular complexity index is 1290. The molecule has 4 atom stereocenters. The number of methoxy groups -OCH3 is 1. The van der Waals surface area contributed by atoms with Gasteiger partial charge in [-0.2, -0.15) is 13.2 Å². The van der Waals surface area contributed by atoms with Crippen LogP contribution in [0, 0.1) is 0 Å². The highest BCUT2D eigenvalue weighted by molar-refractivity contribution is 7.12. The average Bonchev–Trinajstić information content (AvgIpc) is 3.50. The molecule has 0 aromatic carbocycles. The normalized spacial score (nSPS) is 25.7. The minimum absolute atomic E-state index is 0.00791. The minimum atomic E-state index is -4.53. The van der Waals surface area contributed by atoms with Gasteiger partial charge in [-0.1, -0.05) is 6.92 Å². The van der Waals surface area contributed by atoms with E-state index in [0.29, 0.717) is 35.4 Å². The van der Waals surface area contributed by atoms with E-state index in [1.54, 1.807) is 13.0 Å². The summed E-state index contributed by atoms with van der Waals surface area (Å²) in [6.45, 7) is 1.74. The number of fused-ring (bicyclic) bond motifs is 2. The van der Waals surface area contributed by atoms with Crippen molar-refractivity contribution < 1.29 is 22.3 Å². The van der Waals surface area contributed by atoms with E-state index >= 15 is 4.39 Å². The van der Waals surface area contributed by atoms with Crippen LogP contribution in [0.4, 0.5) is 17.6 Å². The van der Waals surface area contributed by atoms with Crippen LogP contribution < -0.4 is 17.0 Å². The molecule has 0 aliphatic heterocycles. The number of nitrogens with two attached hydrogens (primary N) is 1. The van der Waals surface area contributed by atoms with Gasteiger partial charge in [-0.3, -0.25) is 14.3 Å². The first kappa shape index (κ1) is 23.3. The molecule has 0 bridgehead atoms. The van der Waals surface area contributed by atoms with Crippen molar-refractivity contribution in [3.8, 4) is 0 Å². The van der Waals surface area contributed by atoms with E-state index in [2.05, 4.69) is 4.98 Å². The molecule has 1 fully saturated rings. The number of aryl methyl sites for hydroxylation is 1. The molecular weight excluding hydrogens is 474 g/mol. The van der Waals surface area contributed by atoms with E-state index in [1.165, 1.54) is 23.0 Å². The van der Waals surface area contributed by atoms with Gasteiger partial charge in [0, 0.05) is 33.3 Å². The zero-order valence-corrected chi connectivity index (χ0v) is 19.5. The molecule has 0 amide bonds. The maximum absolute atomic E-state index is 15.9. The van der Waals surface area contributed by atoms with Gasteiger partial charge in [0.2, 0.25) is 0 Å². The molecule has 3 N–H and O–H groups in total. The fraction of sp³-hybridized carbons (Fsp3) is 0.565. The number of halogens is 4. The first-order valence-electron chi connectivity index (χ1n) is 11.3. The van der Waals surface area contributed by atoms with Crippen LogP contribution in [0.1, 0.15) is 83.0 Å². The van der Waals surface area contributed by atoms with Gasteiger partial charge in [0.15, 0.2) is 11.6 Å². The second-order valence-electron chi connectivity index (χ2n) is 9.36. The summed E-state index contributed by atoms with van der Waals surface area (Å²) in [5.41, 5.74) is 5.26. The zero-order valence-electron chi connectivity index (χ0n) is 18.7. The maximum atomic E-state index is 15.9. The summed E-state index contributed by atoms with van der Waals surface area (Å²) in [7, 11) is 1.26. The van der Waals surface area contributed by atoms with Crippen LogP contribution in [0.15, 0.2) is 21.5 Å². The highest BCUT2D eigenvalue weighted by atomic mass is 32.1. The van der Waals surface area contributed by atoms with E-state index in [9.17, 15) is 22.8 Å². The second-order valence-corrected chi connectivity index (χ2v) is 10.5. The molecule has 3 aliphatic carbocycles. The number of hydrogen-bond donors (Lipinski definition) is 2. The van der Waals surface area contributed by atoms with Gasteiger partial charge >= 0.3 is 11.9 Å². The van der Waals surface area contributed by atoms with Gasteiger partial charge in [-0.25, -0.2) is 9.18 Å². The highest BCUT2D eigenvalue weighted by Crippen LogP contribution is 2.52. The number of allylic oxidation sites excluding steroid dienone is 1. The van der Waals surface area contributed by atoms with E-state index in [-0.39, 0.29) is 17.4 Å². The van der Waals surface area contributed by atoms with E-state index in [1.807, 2.05) is 0 Å². The van der Waals surface area contributed by atoms with Crippen molar-refractivity contribution in [2.45, 2.75) is 75.0 Å². The summed E-state index contributed by atoms with van der Waals surface area (Å²) in [6, 6.07) is -0.431. The number of H-pyrrole nitrogens is 1. The monoisotopic (exact) mass is 499 g/mol. The molecule has 0 saturated heterocycles. The van der Waals surface area contributed by atoms with Crippen molar-refractivity contribution in [3.05, 3.63) is 59.3 Å². The van der Waals surface area contributed by atoms with Gasteiger partial charge in [0.1, 0.15) is 11.6 Å². The standard InChI is InChI=1S/C23H25F4N3O3S/c1-9-15(14-8-12-11(20(28)23(25,26)27)4-3-5-13(12)34-14)17(24)19(33-2)16-18(9)30(10-6-7-10)22(32)29-21(16)31/h8-11,15,20H,3-7,28H2,1-2H3,(H,29,31,32). The maximum Gasteiger partial charge on any atom is 0.404 e. The Labute approximate surface area is 196 Å². The lowest BCUT2D eigenvalue weighted by molar-refractivity contribution is -0.153. The summed E-state index contributed by atoms with van der Waals surface area (Å²) in [5, 5.41) is 0. The molecule has 34 heavy (non-hydrogen) atoms. The Morgan fingerprint density at radius 2 is 1.97 bits per heavy atom. The van der Waals surface area contributed by atoms with Gasteiger partial charge in [0.05, 0.1) is 13.0 Å². The summed E-state index contributed by atoms with van der Waals surface area (Å²) < 4.78 is 62.9. The molecule has 0 radical (unpaired) electrons. The van der Waals surface area contributed by atoms with Gasteiger partial charge < -0.3 is 10.5 Å². The Balaban J connectivity index is 1.66. The van der Waals surface area contributed by atoms with Crippen LogP contribution in [-0.4, -0.2) is 28.9 Å². The molecule has 2 heterocycles. The van der Waals surface area contributed by atoms with Crippen LogP contribution in [0.3, 0.4) is 0 Å². The summed E-state index contributed by atoms with van der Waals surface area (Å²) in [6.07, 6.45) is -1.50. The molecule has 184 valence electrons. The van der Waals surface area contributed by atoms with Crippen LogP contribution in [0.25, 0.3) is 5.76 Å². The van der Waals surface area contributed by atoms with Crippen molar-refractivity contribution >= 4 is 17.1 Å². The van der Waals surface area contributed by atoms with Gasteiger partial charge in [-0.05, 0) is 43.7 Å². The number of nitrogens with one attached hydrogen (secondary N) is 1. The van der Waals surface area contributed by atoms with Gasteiger partial charge in [-0.15, -0.1) is 11.3 Å². The van der Waals surface area contributed by atoms with Crippen molar-refractivity contribution in [1.82, 2.24) is 9.55 Å². The Morgan fingerprint density at radius 3 is 2.59 bits per heavy atom. The Morgan fingerprint density at radius 1 is 1.26 bits per heavy atom. The molecular formula is C23H25F4N3O3S. The van der Waals surface area contributed by atoms with Crippen molar-refractivity contribution in [2.75, 3.05) is 7.11 Å². The molecule has 6 nitrogen and oxygen atoms in total. The summed E-state index contributed by atoms with van der Waals surface area (Å²) in [5.74, 6) is -3.26. The molecule has 2 aromatic heterocycles. The third-order valence-electron chi connectivity index (χ3n) is 7.24. The Hall–Kier alpha value is -2.40. The number of aromatic amines is 1. The van der Waals surface area contributed by atoms with E-state index in [0.717, 1.165) is 17.7 Å². The number of hydrogen-bond acceptors (Lipinski definition) is 5. The van der Waals surface area contributed by atoms with Crippen LogP contribution in [0.5, 0.6) is 0 Å². The third kappa shape index (κ3) is 3.55. The number of aromatic nitrogens is 2. The fourth-order valence-corrected chi connectivity index (χ4v) is 6.98. The topological polar surface area (TPSA) is 90.1 Å². The lowest BCUT2D eigenvalue weighted by atomic mass is 9.79. The average molecular weight is 500 g/mol. The predicted octanol–water partition coefficient (Wildman–Crippen LogP) is 4.43. The van der Waals surface area contributed by atoms with Crippen molar-refractivity contribution in [2.24, 2.45) is 5.73 Å². The number of thiophene rings is 1. The van der Waals surface area contributed by atoms with Crippen LogP contribution in [-0.2, 0) is 11.2 Å². The SMILES string of the molecule is COC1=C(F)C(c2cc3c(s2)CCCC3C(N)C(F)(F)F)C(C)c2c1c(=O)[nH]c(=O)n2C1CC1. The van der Waals surface area contributed by atoms with E-state index in [4.69, 9.17) is 10.5 Å². The molecule has 4 unspecified atom stereocenters. The van der Waals surface area contributed by atoms with Crippen LogP contribution in [0.2, 0.25) is 0 Å².